The third-order valence-corrected chi connectivity index (χ3v) is 4.46. The van der Waals surface area contributed by atoms with Gasteiger partial charge in [-0.05, 0) is 41.9 Å². The summed E-state index contributed by atoms with van der Waals surface area (Å²) in [4.78, 5) is 16.5. The first-order valence-electron chi connectivity index (χ1n) is 8.66. The maximum absolute atomic E-state index is 12.0. The summed E-state index contributed by atoms with van der Waals surface area (Å²) in [5.74, 6) is 0.907. The van der Waals surface area contributed by atoms with Gasteiger partial charge in [-0.3, -0.25) is 4.79 Å². The van der Waals surface area contributed by atoms with E-state index in [0.29, 0.717) is 31.4 Å². The molecule has 5 nitrogen and oxygen atoms in total. The second kappa shape index (κ2) is 6.93. The number of amides is 1. The second-order valence-electron chi connectivity index (χ2n) is 7.60. The highest BCUT2D eigenvalue weighted by molar-refractivity contribution is 5.76. The first kappa shape index (κ1) is 17.0. The van der Waals surface area contributed by atoms with Crippen LogP contribution in [-0.2, 0) is 21.5 Å². The summed E-state index contributed by atoms with van der Waals surface area (Å²) in [6.45, 7) is 8.34. The van der Waals surface area contributed by atoms with Crippen molar-refractivity contribution >= 4 is 17.0 Å². The van der Waals surface area contributed by atoms with Crippen LogP contribution in [0.15, 0.2) is 22.6 Å². The Labute approximate surface area is 142 Å². The molecule has 1 atom stereocenters. The number of aromatic nitrogens is 1. The van der Waals surface area contributed by atoms with Crippen LogP contribution in [0, 0.1) is 5.92 Å². The van der Waals surface area contributed by atoms with Crippen molar-refractivity contribution in [3.8, 4) is 0 Å². The molecule has 5 heteroatoms. The molecule has 130 valence electrons. The molecule has 0 saturated carbocycles. The molecule has 3 rings (SSSR count). The molecule has 1 aromatic carbocycles. The summed E-state index contributed by atoms with van der Waals surface area (Å²) < 4.78 is 11.1. The number of fused-ring (bicyclic) bond motifs is 1. The molecule has 1 aromatic heterocycles. The lowest BCUT2D eigenvalue weighted by molar-refractivity contribution is -0.123. The highest BCUT2D eigenvalue weighted by Crippen LogP contribution is 2.26. The lowest BCUT2D eigenvalue weighted by Crippen LogP contribution is -2.28. The quantitative estimate of drug-likeness (QED) is 0.931. The Bertz CT molecular complexity index is 709. The van der Waals surface area contributed by atoms with Gasteiger partial charge in [0.1, 0.15) is 5.52 Å². The molecular formula is C19H26N2O3. The van der Waals surface area contributed by atoms with E-state index in [9.17, 15) is 4.79 Å². The predicted molar refractivity (Wildman–Crippen MR) is 92.7 cm³/mol. The standard InChI is InChI=1S/C19H26N2O3/c1-19(2,3)14-6-7-16-15(10-14)21-18(24-16)11-20-17(22)9-13-5-4-8-23-12-13/h6-7,10,13H,4-5,8-9,11-12H2,1-3H3,(H,20,22)/t13-/m0/s1. The van der Waals surface area contributed by atoms with Gasteiger partial charge in [0.05, 0.1) is 6.54 Å². The number of oxazole rings is 1. The number of hydrogen-bond donors (Lipinski definition) is 1. The summed E-state index contributed by atoms with van der Waals surface area (Å²) in [6.07, 6.45) is 2.61. The van der Waals surface area contributed by atoms with Crippen LogP contribution in [0.1, 0.15) is 51.5 Å². The SMILES string of the molecule is CC(C)(C)c1ccc2oc(CNC(=O)C[C@@H]3CCCOC3)nc2c1. The number of nitrogens with one attached hydrogen (secondary N) is 1. The molecule has 0 aliphatic carbocycles. The topological polar surface area (TPSA) is 64.4 Å². The van der Waals surface area contributed by atoms with Crippen molar-refractivity contribution in [2.45, 2.75) is 52.0 Å². The van der Waals surface area contributed by atoms with Gasteiger partial charge in [0.15, 0.2) is 5.58 Å². The van der Waals surface area contributed by atoms with Crippen molar-refractivity contribution in [1.29, 1.82) is 0 Å². The summed E-state index contributed by atoms with van der Waals surface area (Å²) in [5, 5.41) is 2.90. The lowest BCUT2D eigenvalue weighted by Gasteiger charge is -2.21. The van der Waals surface area contributed by atoms with Gasteiger partial charge in [-0.1, -0.05) is 26.8 Å². The smallest absolute Gasteiger partial charge is 0.220 e. The van der Waals surface area contributed by atoms with E-state index >= 15 is 0 Å². The third-order valence-electron chi connectivity index (χ3n) is 4.46. The Morgan fingerprint density at radius 3 is 2.92 bits per heavy atom. The van der Waals surface area contributed by atoms with Gasteiger partial charge >= 0.3 is 0 Å². The minimum atomic E-state index is 0.0307. The fourth-order valence-corrected chi connectivity index (χ4v) is 2.99. The van der Waals surface area contributed by atoms with Gasteiger partial charge in [-0.15, -0.1) is 0 Å². The molecule has 1 saturated heterocycles. The average Bonchev–Trinajstić information content (AvgIpc) is 2.95. The van der Waals surface area contributed by atoms with E-state index in [-0.39, 0.29) is 11.3 Å². The summed E-state index contributed by atoms with van der Waals surface area (Å²) >= 11 is 0. The summed E-state index contributed by atoms with van der Waals surface area (Å²) in [5.41, 5.74) is 2.89. The molecule has 0 bridgehead atoms. The molecule has 2 heterocycles. The van der Waals surface area contributed by atoms with Crippen molar-refractivity contribution in [2.75, 3.05) is 13.2 Å². The Morgan fingerprint density at radius 1 is 1.38 bits per heavy atom. The molecule has 1 fully saturated rings. The van der Waals surface area contributed by atoms with Gasteiger partial charge in [-0.2, -0.15) is 0 Å². The minimum absolute atomic E-state index is 0.0307. The molecule has 24 heavy (non-hydrogen) atoms. The van der Waals surface area contributed by atoms with Gasteiger partial charge in [0, 0.05) is 19.6 Å². The molecule has 1 amide bonds. The Balaban J connectivity index is 1.59. The van der Waals surface area contributed by atoms with E-state index in [2.05, 4.69) is 43.2 Å². The van der Waals surface area contributed by atoms with E-state index in [0.717, 1.165) is 30.5 Å². The zero-order chi connectivity index (χ0) is 17.2. The molecule has 0 radical (unpaired) electrons. The van der Waals surface area contributed by atoms with E-state index in [1.165, 1.54) is 5.56 Å². The Kier molecular flexibility index (Phi) is 4.90. The van der Waals surface area contributed by atoms with Crippen LogP contribution in [0.3, 0.4) is 0 Å². The van der Waals surface area contributed by atoms with Crippen LogP contribution in [0.4, 0.5) is 0 Å². The lowest BCUT2D eigenvalue weighted by atomic mass is 9.87. The van der Waals surface area contributed by atoms with E-state index in [1.54, 1.807) is 0 Å². The number of nitrogens with zero attached hydrogens (tertiary/aromatic N) is 1. The second-order valence-corrected chi connectivity index (χ2v) is 7.60. The van der Waals surface area contributed by atoms with Gasteiger partial charge in [0.25, 0.3) is 0 Å². The molecular weight excluding hydrogens is 304 g/mol. The van der Waals surface area contributed by atoms with Crippen molar-refractivity contribution in [3.05, 3.63) is 29.7 Å². The van der Waals surface area contributed by atoms with Crippen molar-refractivity contribution in [3.63, 3.8) is 0 Å². The highest BCUT2D eigenvalue weighted by atomic mass is 16.5. The van der Waals surface area contributed by atoms with Crippen LogP contribution in [0.2, 0.25) is 0 Å². The predicted octanol–water partition coefficient (Wildman–Crippen LogP) is 3.56. The number of carbonyl (C=O) groups excluding carboxylic acids is 1. The molecule has 0 spiro atoms. The van der Waals surface area contributed by atoms with Crippen LogP contribution in [0.25, 0.3) is 11.1 Å². The normalized spacial score (nSPS) is 18.7. The fraction of sp³-hybridized carbons (Fsp3) is 0.579. The number of hydrogen-bond acceptors (Lipinski definition) is 4. The molecule has 1 aliphatic rings. The zero-order valence-electron chi connectivity index (χ0n) is 14.7. The van der Waals surface area contributed by atoms with Crippen molar-refractivity contribution < 1.29 is 13.9 Å². The molecule has 0 unspecified atom stereocenters. The summed E-state index contributed by atoms with van der Waals surface area (Å²) in [7, 11) is 0. The molecule has 1 N–H and O–H groups in total. The molecule has 1 aliphatic heterocycles. The first-order chi connectivity index (χ1) is 11.4. The van der Waals surface area contributed by atoms with Crippen LogP contribution in [0.5, 0.6) is 0 Å². The largest absolute Gasteiger partial charge is 0.439 e. The van der Waals surface area contributed by atoms with Gasteiger partial charge in [-0.25, -0.2) is 4.98 Å². The van der Waals surface area contributed by atoms with Crippen LogP contribution >= 0.6 is 0 Å². The third kappa shape index (κ3) is 4.15. The first-order valence-corrected chi connectivity index (χ1v) is 8.66. The maximum atomic E-state index is 12.0. The van der Waals surface area contributed by atoms with Crippen molar-refractivity contribution in [2.24, 2.45) is 5.92 Å². The van der Waals surface area contributed by atoms with E-state index < -0.39 is 0 Å². The van der Waals surface area contributed by atoms with Crippen LogP contribution < -0.4 is 5.32 Å². The number of ether oxygens (including phenoxy) is 1. The van der Waals surface area contributed by atoms with E-state index in [4.69, 9.17) is 9.15 Å². The number of carbonyl (C=O) groups is 1. The zero-order valence-corrected chi connectivity index (χ0v) is 14.7. The Hall–Kier alpha value is -1.88. The maximum Gasteiger partial charge on any atom is 0.220 e. The van der Waals surface area contributed by atoms with E-state index in [1.807, 2.05) is 6.07 Å². The fourth-order valence-electron chi connectivity index (χ4n) is 2.99. The number of rotatable bonds is 4. The Morgan fingerprint density at radius 2 is 2.21 bits per heavy atom. The average molecular weight is 330 g/mol. The number of benzene rings is 1. The minimum Gasteiger partial charge on any atom is -0.439 e. The van der Waals surface area contributed by atoms with Crippen LogP contribution in [-0.4, -0.2) is 24.1 Å². The monoisotopic (exact) mass is 330 g/mol. The van der Waals surface area contributed by atoms with Gasteiger partial charge in [0.2, 0.25) is 11.8 Å². The molecule has 2 aromatic rings. The van der Waals surface area contributed by atoms with Crippen molar-refractivity contribution in [1.82, 2.24) is 10.3 Å². The summed E-state index contributed by atoms with van der Waals surface area (Å²) in [6, 6.07) is 6.08. The highest BCUT2D eigenvalue weighted by Gasteiger charge is 2.18. The van der Waals surface area contributed by atoms with Gasteiger partial charge < -0.3 is 14.5 Å².